The molecule has 0 atom stereocenters. The van der Waals surface area contributed by atoms with Gasteiger partial charge in [0.1, 0.15) is 0 Å². The fourth-order valence-electron chi connectivity index (χ4n) is 5.84. The molecule has 4 aromatic carbocycles. The second kappa shape index (κ2) is 10.6. The molecule has 6 rings (SSSR count). The molecule has 0 saturated heterocycles. The lowest BCUT2D eigenvalue weighted by atomic mass is 10.00. The van der Waals surface area contributed by atoms with E-state index in [2.05, 4.69) is 145 Å². The Morgan fingerprint density at radius 3 is 2.05 bits per heavy atom. The quantitative estimate of drug-likeness (QED) is 0.187. The van der Waals surface area contributed by atoms with E-state index in [9.17, 15) is 0 Å². The number of allylic oxidation sites excluding steroid dienone is 6. The summed E-state index contributed by atoms with van der Waals surface area (Å²) in [5, 5.41) is 3.70. The summed E-state index contributed by atoms with van der Waals surface area (Å²) in [4.78, 5) is 0. The van der Waals surface area contributed by atoms with Gasteiger partial charge in [-0.15, -0.1) is 0 Å². The summed E-state index contributed by atoms with van der Waals surface area (Å²) in [6.45, 7) is 12.2. The molecule has 0 N–H and O–H groups in total. The number of benzene rings is 4. The molecule has 0 aliphatic rings. The lowest BCUT2D eigenvalue weighted by Gasteiger charge is -2.10. The number of fused-ring (bicyclic) bond motifs is 4. The van der Waals surface area contributed by atoms with Crippen LogP contribution in [0.4, 0.5) is 0 Å². The maximum absolute atomic E-state index is 4.17. The predicted molar refractivity (Wildman–Crippen MR) is 176 cm³/mol. The molecule has 0 aliphatic carbocycles. The van der Waals surface area contributed by atoms with Gasteiger partial charge in [0.2, 0.25) is 0 Å². The summed E-state index contributed by atoms with van der Waals surface area (Å²) >= 11 is 0. The van der Waals surface area contributed by atoms with Crippen molar-refractivity contribution in [2.24, 2.45) is 0 Å². The molecule has 6 aromatic rings. The van der Waals surface area contributed by atoms with Crippen LogP contribution in [0, 0.1) is 0 Å². The van der Waals surface area contributed by atoms with Crippen molar-refractivity contribution in [3.63, 3.8) is 0 Å². The van der Waals surface area contributed by atoms with Gasteiger partial charge in [0.25, 0.3) is 0 Å². The topological polar surface area (TPSA) is 9.86 Å². The van der Waals surface area contributed by atoms with E-state index in [1.54, 1.807) is 0 Å². The Hall–Kier alpha value is -5.08. The third-order valence-electron chi connectivity index (χ3n) is 7.48. The van der Waals surface area contributed by atoms with Crippen LogP contribution in [-0.2, 0) is 0 Å². The second-order valence-corrected chi connectivity index (χ2v) is 9.82. The second-order valence-electron chi connectivity index (χ2n) is 9.82. The number of aromatic nitrogens is 2. The first kappa shape index (κ1) is 25.2. The van der Waals surface area contributed by atoms with Gasteiger partial charge in [-0.1, -0.05) is 86.0 Å². The third-order valence-corrected chi connectivity index (χ3v) is 7.48. The number of para-hydroxylation sites is 2. The Morgan fingerprint density at radius 2 is 1.35 bits per heavy atom. The van der Waals surface area contributed by atoms with E-state index in [0.29, 0.717) is 0 Å². The summed E-state index contributed by atoms with van der Waals surface area (Å²) in [6, 6.07) is 32.8. The SMILES string of the molecule is C=C/C=C(\C=C/C)n1c(C=C)c(/C=C\C)c2cc(-c3ccc4c(c3)c3ccccc3n4-c3ccccc3)ccc21. The molecule has 2 nitrogen and oxygen atoms in total. The molecule has 2 heteroatoms. The van der Waals surface area contributed by atoms with Crippen molar-refractivity contribution in [3.8, 4) is 16.8 Å². The fraction of sp³-hybridized carbons (Fsp3) is 0.0526. The van der Waals surface area contributed by atoms with Crippen LogP contribution in [0.15, 0.2) is 135 Å². The van der Waals surface area contributed by atoms with E-state index in [-0.39, 0.29) is 0 Å². The van der Waals surface area contributed by atoms with Gasteiger partial charge in [-0.05, 0) is 85.7 Å². The van der Waals surface area contributed by atoms with Crippen LogP contribution in [0.25, 0.3) is 67.4 Å². The van der Waals surface area contributed by atoms with Crippen LogP contribution in [0.3, 0.4) is 0 Å². The van der Waals surface area contributed by atoms with E-state index in [0.717, 1.165) is 22.5 Å². The normalized spacial score (nSPS) is 12.4. The molecular formula is C38H32N2. The van der Waals surface area contributed by atoms with Crippen molar-refractivity contribution in [1.29, 1.82) is 0 Å². The first-order valence-electron chi connectivity index (χ1n) is 13.7. The summed E-state index contributed by atoms with van der Waals surface area (Å²) in [7, 11) is 0. The van der Waals surface area contributed by atoms with Gasteiger partial charge < -0.3 is 9.13 Å². The number of rotatable bonds is 7. The highest BCUT2D eigenvalue weighted by Gasteiger charge is 2.17. The predicted octanol–water partition coefficient (Wildman–Crippen LogP) is 10.7. The minimum absolute atomic E-state index is 1.05. The van der Waals surface area contributed by atoms with E-state index in [4.69, 9.17) is 0 Å². The van der Waals surface area contributed by atoms with Crippen LogP contribution in [0.2, 0.25) is 0 Å². The Kier molecular flexibility index (Phi) is 6.67. The van der Waals surface area contributed by atoms with Gasteiger partial charge >= 0.3 is 0 Å². The molecule has 0 amide bonds. The molecule has 194 valence electrons. The molecule has 0 spiro atoms. The van der Waals surface area contributed by atoms with Gasteiger partial charge in [-0.3, -0.25) is 0 Å². The van der Waals surface area contributed by atoms with E-state index in [1.807, 2.05) is 25.2 Å². The van der Waals surface area contributed by atoms with Crippen LogP contribution >= 0.6 is 0 Å². The lowest BCUT2D eigenvalue weighted by molar-refractivity contribution is 1.15. The molecule has 0 fully saturated rings. The highest BCUT2D eigenvalue weighted by atomic mass is 15.0. The van der Waals surface area contributed by atoms with Gasteiger partial charge in [-0.25, -0.2) is 0 Å². The Balaban J connectivity index is 1.60. The van der Waals surface area contributed by atoms with Crippen molar-refractivity contribution in [1.82, 2.24) is 9.13 Å². The van der Waals surface area contributed by atoms with Crippen molar-refractivity contribution in [2.75, 3.05) is 0 Å². The summed E-state index contributed by atoms with van der Waals surface area (Å²) in [6.07, 6.45) is 14.2. The number of hydrogen-bond acceptors (Lipinski definition) is 0. The first-order valence-corrected chi connectivity index (χ1v) is 13.7. The average molecular weight is 517 g/mol. The van der Waals surface area contributed by atoms with Gasteiger partial charge in [0.15, 0.2) is 0 Å². The van der Waals surface area contributed by atoms with Crippen LogP contribution < -0.4 is 0 Å². The van der Waals surface area contributed by atoms with Crippen LogP contribution in [-0.4, -0.2) is 9.13 Å². The maximum Gasteiger partial charge on any atom is 0.0541 e. The lowest BCUT2D eigenvalue weighted by Crippen LogP contribution is -1.97. The van der Waals surface area contributed by atoms with Crippen molar-refractivity contribution in [2.45, 2.75) is 13.8 Å². The monoisotopic (exact) mass is 516 g/mol. The molecular weight excluding hydrogens is 484 g/mol. The molecule has 0 aliphatic heterocycles. The Bertz CT molecular complexity index is 1990. The molecule has 40 heavy (non-hydrogen) atoms. The summed E-state index contributed by atoms with van der Waals surface area (Å²) in [5.41, 5.74) is 10.4. The van der Waals surface area contributed by atoms with Gasteiger partial charge in [0.05, 0.1) is 22.2 Å². The third kappa shape index (κ3) is 4.06. The first-order chi connectivity index (χ1) is 19.7. The largest absolute Gasteiger partial charge is 0.309 e. The zero-order valence-electron chi connectivity index (χ0n) is 23.0. The molecule has 0 unspecified atom stereocenters. The van der Waals surface area contributed by atoms with Gasteiger partial charge in [0, 0.05) is 33.1 Å². The van der Waals surface area contributed by atoms with E-state index >= 15 is 0 Å². The zero-order valence-corrected chi connectivity index (χ0v) is 23.0. The van der Waals surface area contributed by atoms with Crippen molar-refractivity contribution < 1.29 is 0 Å². The Labute approximate surface area is 235 Å². The summed E-state index contributed by atoms with van der Waals surface area (Å²) in [5.74, 6) is 0. The van der Waals surface area contributed by atoms with Crippen molar-refractivity contribution in [3.05, 3.63) is 146 Å². The summed E-state index contributed by atoms with van der Waals surface area (Å²) < 4.78 is 4.62. The zero-order chi connectivity index (χ0) is 27.6. The van der Waals surface area contributed by atoms with Crippen LogP contribution in [0.5, 0.6) is 0 Å². The molecule has 0 radical (unpaired) electrons. The average Bonchev–Trinajstić information content (AvgIpc) is 3.49. The Morgan fingerprint density at radius 1 is 0.675 bits per heavy atom. The maximum atomic E-state index is 4.17. The highest BCUT2D eigenvalue weighted by molar-refractivity contribution is 6.10. The minimum Gasteiger partial charge on any atom is -0.309 e. The minimum atomic E-state index is 1.05. The van der Waals surface area contributed by atoms with E-state index in [1.165, 1.54) is 44.0 Å². The smallest absolute Gasteiger partial charge is 0.0541 e. The number of hydrogen-bond donors (Lipinski definition) is 0. The molecule has 0 saturated carbocycles. The van der Waals surface area contributed by atoms with Crippen LogP contribution in [0.1, 0.15) is 25.1 Å². The van der Waals surface area contributed by atoms with E-state index < -0.39 is 0 Å². The highest BCUT2D eigenvalue weighted by Crippen LogP contribution is 2.38. The van der Waals surface area contributed by atoms with Crippen molar-refractivity contribution >= 4 is 50.6 Å². The standard InChI is InChI=1S/C38H32N2/c1-5-14-29(15-6-2)39-35(8-4)31(16-7-3)33-25-27(21-23-37(33)39)28-22-24-38-34(26-28)32-19-12-13-20-36(32)40(38)30-17-10-9-11-18-30/h5-26H,1,4H2,2-3H3/b15-6-,16-7-,29-14+. The fourth-order valence-corrected chi connectivity index (χ4v) is 5.84. The molecule has 2 aromatic heterocycles. The molecule has 0 bridgehead atoms. The number of nitrogens with zero attached hydrogens (tertiary/aromatic N) is 2. The van der Waals surface area contributed by atoms with Gasteiger partial charge in [-0.2, -0.15) is 0 Å². The molecule has 2 heterocycles.